The summed E-state index contributed by atoms with van der Waals surface area (Å²) in [4.78, 5) is 0. The first-order valence-corrected chi connectivity index (χ1v) is 8.65. The summed E-state index contributed by atoms with van der Waals surface area (Å²) in [5.41, 5.74) is 4.67. The van der Waals surface area contributed by atoms with E-state index in [0.717, 1.165) is 22.3 Å². The number of hydrogen-bond acceptors (Lipinski definition) is 1. The first-order valence-electron chi connectivity index (χ1n) is 8.65. The zero-order valence-corrected chi connectivity index (χ0v) is 14.6. The lowest BCUT2D eigenvalue weighted by atomic mass is 9.97. The summed E-state index contributed by atoms with van der Waals surface area (Å²) in [5.74, 6) is 1.52. The van der Waals surface area contributed by atoms with Crippen molar-refractivity contribution in [2.24, 2.45) is 0 Å². The van der Waals surface area contributed by atoms with Crippen LogP contribution in [0.1, 0.15) is 55.6 Å². The van der Waals surface area contributed by atoms with E-state index >= 15 is 0 Å². The number of fused-ring (bicyclic) bond motifs is 1. The predicted octanol–water partition coefficient (Wildman–Crippen LogP) is 7.15. The number of para-hydroxylation sites is 1. The molecule has 0 fully saturated rings. The lowest BCUT2D eigenvalue weighted by molar-refractivity contribution is 0.603. The van der Waals surface area contributed by atoms with Crippen LogP contribution in [0.25, 0.3) is 29.2 Å². The molecule has 0 aliphatic rings. The molecule has 1 heterocycles. The van der Waals surface area contributed by atoms with Gasteiger partial charge in [0.1, 0.15) is 11.3 Å². The van der Waals surface area contributed by atoms with Crippen molar-refractivity contribution in [2.45, 2.75) is 33.1 Å². The maximum Gasteiger partial charge on any atom is 0.135 e. The van der Waals surface area contributed by atoms with Crippen LogP contribution in [0.2, 0.25) is 0 Å². The first kappa shape index (κ1) is 16.3. The Kier molecular flexibility index (Phi) is 5.00. The zero-order chi connectivity index (χ0) is 16.9. The first-order chi connectivity index (χ1) is 11.7. The topological polar surface area (TPSA) is 13.1 Å². The summed E-state index contributed by atoms with van der Waals surface area (Å²) in [5, 5.41) is 1.15. The molecule has 1 heteroatoms. The summed E-state index contributed by atoms with van der Waals surface area (Å²) < 4.78 is 5.96. The molecule has 0 saturated carbocycles. The summed E-state index contributed by atoms with van der Waals surface area (Å²) >= 11 is 0. The van der Waals surface area contributed by atoms with E-state index in [9.17, 15) is 0 Å². The fourth-order valence-corrected chi connectivity index (χ4v) is 2.88. The summed E-state index contributed by atoms with van der Waals surface area (Å²) in [6.07, 6.45) is 9.51. The lowest BCUT2D eigenvalue weighted by Gasteiger charge is -2.08. The Balaban J connectivity index is 1.94. The van der Waals surface area contributed by atoms with E-state index in [2.05, 4.69) is 62.4 Å². The van der Waals surface area contributed by atoms with Crippen LogP contribution in [0.5, 0.6) is 0 Å². The van der Waals surface area contributed by atoms with Gasteiger partial charge in [-0.3, -0.25) is 0 Å². The van der Waals surface area contributed by atoms with Gasteiger partial charge in [-0.15, -0.1) is 0 Å². The Labute approximate surface area is 144 Å². The van der Waals surface area contributed by atoms with Gasteiger partial charge in [0, 0.05) is 10.9 Å². The molecule has 1 aromatic heterocycles. The van der Waals surface area contributed by atoms with Gasteiger partial charge in [0.25, 0.3) is 0 Å². The van der Waals surface area contributed by atoms with Crippen LogP contribution in [0, 0.1) is 0 Å². The largest absolute Gasteiger partial charge is 0.456 e. The SMILES string of the molecule is C/C=C\c1oc2ccccc2c1/C=C/c1ccc([C@H](C)CC)cc1. The average Bonchev–Trinajstić information content (AvgIpc) is 2.97. The summed E-state index contributed by atoms with van der Waals surface area (Å²) in [7, 11) is 0. The number of furan rings is 1. The Morgan fingerprint density at radius 1 is 0.958 bits per heavy atom. The minimum Gasteiger partial charge on any atom is -0.456 e. The molecule has 0 saturated heterocycles. The van der Waals surface area contributed by atoms with Crippen LogP contribution in [0.4, 0.5) is 0 Å². The second kappa shape index (κ2) is 7.35. The molecule has 2 aromatic carbocycles. The van der Waals surface area contributed by atoms with Gasteiger partial charge in [0.05, 0.1) is 0 Å². The van der Waals surface area contributed by atoms with Gasteiger partial charge < -0.3 is 4.42 Å². The van der Waals surface area contributed by atoms with Gasteiger partial charge in [0.15, 0.2) is 0 Å². The zero-order valence-electron chi connectivity index (χ0n) is 14.6. The fourth-order valence-electron chi connectivity index (χ4n) is 2.88. The highest BCUT2D eigenvalue weighted by Gasteiger charge is 2.09. The van der Waals surface area contributed by atoms with Gasteiger partial charge in [-0.25, -0.2) is 0 Å². The van der Waals surface area contributed by atoms with Crippen molar-refractivity contribution in [2.75, 3.05) is 0 Å². The van der Waals surface area contributed by atoms with Gasteiger partial charge in [-0.2, -0.15) is 0 Å². The Morgan fingerprint density at radius 3 is 2.42 bits per heavy atom. The van der Waals surface area contributed by atoms with E-state index in [4.69, 9.17) is 4.42 Å². The minimum absolute atomic E-state index is 0.613. The van der Waals surface area contributed by atoms with E-state index < -0.39 is 0 Å². The van der Waals surface area contributed by atoms with Crippen molar-refractivity contribution >= 4 is 29.2 Å². The molecule has 24 heavy (non-hydrogen) atoms. The highest BCUT2D eigenvalue weighted by atomic mass is 16.3. The van der Waals surface area contributed by atoms with E-state index in [0.29, 0.717) is 5.92 Å². The highest BCUT2D eigenvalue weighted by molar-refractivity contribution is 5.93. The van der Waals surface area contributed by atoms with Crippen LogP contribution < -0.4 is 0 Å². The molecule has 3 aromatic rings. The van der Waals surface area contributed by atoms with Crippen molar-refractivity contribution < 1.29 is 4.42 Å². The molecule has 3 rings (SSSR count). The van der Waals surface area contributed by atoms with Crippen molar-refractivity contribution in [3.63, 3.8) is 0 Å². The molecule has 1 atom stereocenters. The number of rotatable bonds is 5. The Hall–Kier alpha value is -2.54. The fraction of sp³-hybridized carbons (Fsp3) is 0.217. The second-order valence-electron chi connectivity index (χ2n) is 6.19. The van der Waals surface area contributed by atoms with Crippen LogP contribution in [-0.2, 0) is 0 Å². The maximum absolute atomic E-state index is 5.96. The highest BCUT2D eigenvalue weighted by Crippen LogP contribution is 2.29. The Morgan fingerprint density at radius 2 is 1.71 bits per heavy atom. The van der Waals surface area contributed by atoms with E-state index in [-0.39, 0.29) is 0 Å². The summed E-state index contributed by atoms with van der Waals surface area (Å²) in [6, 6.07) is 17.0. The van der Waals surface area contributed by atoms with E-state index in [1.165, 1.54) is 17.5 Å². The third-order valence-electron chi connectivity index (χ3n) is 4.54. The van der Waals surface area contributed by atoms with Crippen molar-refractivity contribution in [1.82, 2.24) is 0 Å². The quantitative estimate of drug-likeness (QED) is 0.487. The van der Waals surface area contributed by atoms with Crippen LogP contribution >= 0.6 is 0 Å². The third kappa shape index (κ3) is 3.35. The van der Waals surface area contributed by atoms with Crippen LogP contribution in [0.15, 0.2) is 59.0 Å². The molecule has 122 valence electrons. The van der Waals surface area contributed by atoms with Crippen molar-refractivity contribution in [3.8, 4) is 0 Å². The second-order valence-corrected chi connectivity index (χ2v) is 6.19. The Bertz CT molecular complexity index is 863. The van der Waals surface area contributed by atoms with E-state index in [1.807, 2.05) is 31.2 Å². The minimum atomic E-state index is 0.613. The van der Waals surface area contributed by atoms with Crippen molar-refractivity contribution in [1.29, 1.82) is 0 Å². The van der Waals surface area contributed by atoms with Gasteiger partial charge in [0.2, 0.25) is 0 Å². The van der Waals surface area contributed by atoms with E-state index in [1.54, 1.807) is 0 Å². The molecule has 0 spiro atoms. The van der Waals surface area contributed by atoms with Crippen LogP contribution in [-0.4, -0.2) is 0 Å². The molecule has 0 radical (unpaired) electrons. The van der Waals surface area contributed by atoms with Crippen LogP contribution in [0.3, 0.4) is 0 Å². The van der Waals surface area contributed by atoms with Crippen molar-refractivity contribution in [3.05, 3.63) is 77.1 Å². The number of hydrogen-bond donors (Lipinski definition) is 0. The monoisotopic (exact) mass is 316 g/mol. The number of allylic oxidation sites excluding steroid dienone is 1. The molecular formula is C23H24O. The predicted molar refractivity (Wildman–Crippen MR) is 105 cm³/mol. The molecule has 0 N–H and O–H groups in total. The summed E-state index contributed by atoms with van der Waals surface area (Å²) in [6.45, 7) is 6.51. The molecule has 0 unspecified atom stereocenters. The standard InChI is InChI=1S/C23H24O/c1-4-8-22-21(20-9-6-7-10-23(20)24-22)16-13-18-11-14-19(15-12-18)17(3)5-2/h4,6-17H,5H2,1-3H3/b8-4-,16-13+/t17-/m1/s1. The van der Waals surface area contributed by atoms with Gasteiger partial charge in [-0.05, 0) is 48.6 Å². The smallest absolute Gasteiger partial charge is 0.135 e. The normalized spacial score (nSPS) is 13.3. The molecule has 0 aliphatic carbocycles. The molecular weight excluding hydrogens is 292 g/mol. The lowest BCUT2D eigenvalue weighted by Crippen LogP contribution is -1.90. The maximum atomic E-state index is 5.96. The van der Waals surface area contributed by atoms with Gasteiger partial charge >= 0.3 is 0 Å². The molecule has 1 nitrogen and oxygen atoms in total. The molecule has 0 aliphatic heterocycles. The molecule has 0 bridgehead atoms. The molecule has 0 amide bonds. The number of benzene rings is 2. The third-order valence-corrected chi connectivity index (χ3v) is 4.54. The average molecular weight is 316 g/mol. The van der Waals surface area contributed by atoms with Gasteiger partial charge in [-0.1, -0.05) is 68.5 Å².